The van der Waals surface area contributed by atoms with Gasteiger partial charge in [-0.15, -0.1) is 0 Å². The van der Waals surface area contributed by atoms with E-state index in [4.69, 9.17) is 28.2 Å². The van der Waals surface area contributed by atoms with E-state index in [-0.39, 0.29) is 46.9 Å². The quantitative estimate of drug-likeness (QED) is 0.199. The minimum Gasteiger partial charge on any atom is -0.356 e. The van der Waals surface area contributed by atoms with Gasteiger partial charge in [-0.3, -0.25) is 4.79 Å². The molecule has 2 bridgehead atoms. The Bertz CT molecular complexity index is 2070. The van der Waals surface area contributed by atoms with Crippen LogP contribution in [0.15, 0.2) is 54.7 Å². The van der Waals surface area contributed by atoms with Crippen molar-refractivity contribution in [3.8, 4) is 17.2 Å². The van der Waals surface area contributed by atoms with Crippen LogP contribution in [-0.2, 0) is 11.2 Å². The number of carbonyl (C=O) groups is 1. The van der Waals surface area contributed by atoms with E-state index in [1.165, 1.54) is 0 Å². The number of aromatic amines is 1. The number of hydrogen-bond acceptors (Lipinski definition) is 5. The van der Waals surface area contributed by atoms with Crippen molar-refractivity contribution in [1.82, 2.24) is 19.9 Å². The average Bonchev–Trinajstić information content (AvgIpc) is 3.73. The number of piperidine rings is 1. The molecule has 5 heterocycles. The summed E-state index contributed by atoms with van der Waals surface area (Å²) in [6.45, 7) is 2.64. The molecule has 3 fully saturated rings. The van der Waals surface area contributed by atoms with Crippen molar-refractivity contribution >= 4 is 56.7 Å². The summed E-state index contributed by atoms with van der Waals surface area (Å²) in [5.41, 5.74) is 4.06. The van der Waals surface area contributed by atoms with Crippen LogP contribution in [0.2, 0.25) is 10.0 Å². The van der Waals surface area contributed by atoms with Gasteiger partial charge >= 0.3 is 0 Å². The number of amides is 1. The Balaban J connectivity index is 1.28. The average molecular weight is 654 g/mol. The molecule has 8 rings (SSSR count). The SMILES string of the molecule is Cc1nc2c(F)c(-c3cccc(Cl)c3Cl)c(CCC#N)cc2c2[nH]c(C3CC4CC(CN4c4ccccn4)N3C(=O)C3CC3)cc12. The standard InChI is InChI=1S/C36H31Cl2FN6O/c1-19-25-17-28(29-16-22-15-23(45(29)36(46)20-10-11-20)18-44(22)30-9-2-3-13-41-30)43-34(25)26-14-21(6-5-12-40)31(33(39)35(26)42-19)24-7-4-8-27(37)32(24)38/h2-4,7-9,13-14,17,20,22-23,29,43H,5-6,10-11,15-16,18H2,1H3. The first-order valence-electron chi connectivity index (χ1n) is 15.8. The van der Waals surface area contributed by atoms with Crippen LogP contribution in [0.25, 0.3) is 32.9 Å². The zero-order valence-corrected chi connectivity index (χ0v) is 26.7. The van der Waals surface area contributed by atoms with Gasteiger partial charge in [0.05, 0.1) is 33.7 Å². The molecule has 3 unspecified atom stereocenters. The lowest BCUT2D eigenvalue weighted by Crippen LogP contribution is -2.47. The summed E-state index contributed by atoms with van der Waals surface area (Å²) >= 11 is 12.9. The molecule has 2 aliphatic heterocycles. The fourth-order valence-corrected chi connectivity index (χ4v) is 8.04. The molecule has 1 saturated carbocycles. The maximum absolute atomic E-state index is 16.7. The number of likely N-dealkylation sites (tertiary alicyclic amines) is 1. The summed E-state index contributed by atoms with van der Waals surface area (Å²) in [6, 6.07) is 17.5. The minimum atomic E-state index is -0.497. The van der Waals surface area contributed by atoms with Gasteiger partial charge in [0.15, 0.2) is 5.82 Å². The monoisotopic (exact) mass is 652 g/mol. The van der Waals surface area contributed by atoms with Crippen LogP contribution in [0, 0.1) is 30.0 Å². The van der Waals surface area contributed by atoms with E-state index in [9.17, 15) is 10.1 Å². The largest absolute Gasteiger partial charge is 0.356 e. The molecule has 232 valence electrons. The molecule has 3 atom stereocenters. The van der Waals surface area contributed by atoms with E-state index in [0.29, 0.717) is 39.2 Å². The number of nitriles is 1. The number of nitrogens with zero attached hydrogens (tertiary/aromatic N) is 5. The highest BCUT2D eigenvalue weighted by molar-refractivity contribution is 6.43. The lowest BCUT2D eigenvalue weighted by atomic mass is 9.92. The number of benzene rings is 2. The highest BCUT2D eigenvalue weighted by Gasteiger charge is 2.50. The predicted octanol–water partition coefficient (Wildman–Crippen LogP) is 8.32. The van der Waals surface area contributed by atoms with Crippen molar-refractivity contribution in [3.05, 3.63) is 87.5 Å². The topological polar surface area (TPSA) is 88.9 Å². The fraction of sp³-hybridized carbons (Fsp3) is 0.333. The number of anilines is 1. The Morgan fingerprint density at radius 3 is 2.72 bits per heavy atom. The number of hydrogen-bond donors (Lipinski definition) is 1. The molecular formula is C36H31Cl2FN6O. The fourth-order valence-electron chi connectivity index (χ4n) is 7.65. The maximum Gasteiger partial charge on any atom is 0.226 e. The molecule has 7 nitrogen and oxygen atoms in total. The number of halogens is 3. The molecule has 5 aromatic rings. The Labute approximate surface area is 275 Å². The lowest BCUT2D eigenvalue weighted by Gasteiger charge is -2.40. The van der Waals surface area contributed by atoms with E-state index < -0.39 is 5.82 Å². The summed E-state index contributed by atoms with van der Waals surface area (Å²) in [5, 5.41) is 11.5. The summed E-state index contributed by atoms with van der Waals surface area (Å²) in [7, 11) is 0. The lowest BCUT2D eigenvalue weighted by molar-refractivity contribution is -0.138. The van der Waals surface area contributed by atoms with Gasteiger partial charge < -0.3 is 14.8 Å². The molecule has 0 spiro atoms. The Morgan fingerprint density at radius 1 is 1.11 bits per heavy atom. The van der Waals surface area contributed by atoms with E-state index in [2.05, 4.69) is 31.9 Å². The van der Waals surface area contributed by atoms with Gasteiger partial charge in [0.2, 0.25) is 5.91 Å². The normalized spacial score (nSPS) is 20.9. The number of carbonyl (C=O) groups excluding carboxylic acids is 1. The maximum atomic E-state index is 16.7. The third-order valence-electron chi connectivity index (χ3n) is 9.93. The summed E-state index contributed by atoms with van der Waals surface area (Å²) in [6.07, 6.45) is 5.92. The van der Waals surface area contributed by atoms with Crippen molar-refractivity contribution in [2.45, 2.75) is 63.6 Å². The summed E-state index contributed by atoms with van der Waals surface area (Å²) < 4.78 is 16.7. The second-order valence-corrected chi connectivity index (χ2v) is 13.5. The van der Waals surface area contributed by atoms with Crippen molar-refractivity contribution in [2.75, 3.05) is 11.4 Å². The number of aryl methyl sites for hydroxylation is 2. The van der Waals surface area contributed by atoms with Gasteiger partial charge in [0, 0.05) is 64.4 Å². The third-order valence-corrected chi connectivity index (χ3v) is 10.7. The zero-order chi connectivity index (χ0) is 31.7. The van der Waals surface area contributed by atoms with Gasteiger partial charge in [0.25, 0.3) is 0 Å². The van der Waals surface area contributed by atoms with Gasteiger partial charge in [-0.2, -0.15) is 5.26 Å². The van der Waals surface area contributed by atoms with Gasteiger partial charge in [-0.25, -0.2) is 14.4 Å². The van der Waals surface area contributed by atoms with Crippen molar-refractivity contribution in [1.29, 1.82) is 5.26 Å². The molecule has 2 aromatic carbocycles. The van der Waals surface area contributed by atoms with Crippen molar-refractivity contribution < 1.29 is 9.18 Å². The number of fused-ring (bicyclic) bond motifs is 5. The van der Waals surface area contributed by atoms with E-state index in [0.717, 1.165) is 54.6 Å². The minimum absolute atomic E-state index is 0.0845. The van der Waals surface area contributed by atoms with Crippen LogP contribution in [0.4, 0.5) is 10.2 Å². The van der Waals surface area contributed by atoms with E-state index in [1.807, 2.05) is 37.4 Å². The number of pyridine rings is 2. The van der Waals surface area contributed by atoms with Crippen LogP contribution in [-0.4, -0.2) is 44.4 Å². The van der Waals surface area contributed by atoms with Crippen LogP contribution < -0.4 is 4.90 Å². The number of rotatable bonds is 6. The number of aromatic nitrogens is 3. The second-order valence-electron chi connectivity index (χ2n) is 12.7. The van der Waals surface area contributed by atoms with Crippen LogP contribution in [0.1, 0.15) is 55.1 Å². The van der Waals surface area contributed by atoms with E-state index >= 15 is 4.39 Å². The van der Waals surface area contributed by atoms with Gasteiger partial charge in [-0.05, 0) is 74.9 Å². The van der Waals surface area contributed by atoms with Gasteiger partial charge in [-0.1, -0.05) is 41.4 Å². The molecule has 1 N–H and O–H groups in total. The van der Waals surface area contributed by atoms with Crippen LogP contribution >= 0.6 is 23.2 Å². The molecule has 46 heavy (non-hydrogen) atoms. The van der Waals surface area contributed by atoms with Crippen molar-refractivity contribution in [2.24, 2.45) is 5.92 Å². The molecule has 10 heteroatoms. The first-order chi connectivity index (χ1) is 22.3. The third kappa shape index (κ3) is 4.71. The zero-order valence-electron chi connectivity index (χ0n) is 25.2. The first kappa shape index (κ1) is 29.2. The predicted molar refractivity (Wildman–Crippen MR) is 178 cm³/mol. The second kappa shape index (κ2) is 11.3. The molecule has 3 aliphatic rings. The summed E-state index contributed by atoms with van der Waals surface area (Å²) in [4.78, 5) is 31.4. The van der Waals surface area contributed by atoms with Crippen LogP contribution in [0.3, 0.4) is 0 Å². The Hall–Kier alpha value is -4.19. The molecule has 1 aliphatic carbocycles. The first-order valence-corrected chi connectivity index (χ1v) is 16.5. The summed E-state index contributed by atoms with van der Waals surface area (Å²) in [5.74, 6) is 0.754. The van der Waals surface area contributed by atoms with Crippen molar-refractivity contribution in [3.63, 3.8) is 0 Å². The molecule has 2 saturated heterocycles. The number of H-pyrrole nitrogens is 1. The molecular weight excluding hydrogens is 622 g/mol. The molecule has 3 aromatic heterocycles. The Kier molecular flexibility index (Phi) is 7.15. The highest BCUT2D eigenvalue weighted by atomic mass is 35.5. The Morgan fingerprint density at radius 2 is 1.96 bits per heavy atom. The van der Waals surface area contributed by atoms with Crippen LogP contribution in [0.5, 0.6) is 0 Å². The number of nitrogens with one attached hydrogen (secondary N) is 1. The molecule has 1 amide bonds. The van der Waals surface area contributed by atoms with Gasteiger partial charge in [0.1, 0.15) is 11.3 Å². The van der Waals surface area contributed by atoms with E-state index in [1.54, 1.807) is 18.2 Å². The highest BCUT2D eigenvalue weighted by Crippen LogP contribution is 2.47. The molecule has 0 radical (unpaired) electrons. The smallest absolute Gasteiger partial charge is 0.226 e.